The third-order valence-corrected chi connectivity index (χ3v) is 4.29. The van der Waals surface area contributed by atoms with Gasteiger partial charge >= 0.3 is 6.01 Å². The molecule has 0 aliphatic carbocycles. The molecule has 150 valence electrons. The summed E-state index contributed by atoms with van der Waals surface area (Å²) in [5.41, 5.74) is 3.14. The first-order chi connectivity index (χ1) is 14.6. The lowest BCUT2D eigenvalue weighted by Crippen LogP contribution is -2.11. The van der Waals surface area contributed by atoms with Crippen LogP contribution in [0.25, 0.3) is 11.1 Å². The van der Waals surface area contributed by atoms with Gasteiger partial charge in [-0.1, -0.05) is 30.3 Å². The standard InChI is InChI=1S/C23H19N3O4/c1-15(27)24-18-9-12-20-21(13-18)30-23(25-20)26-22(28)17-7-10-19(11-8-17)29-14-16-5-3-2-4-6-16/h2-13H,14H2,1H3,(H,24,27)(H,25,26,28). The van der Waals surface area contributed by atoms with Gasteiger partial charge in [-0.05, 0) is 42.0 Å². The highest BCUT2D eigenvalue weighted by Gasteiger charge is 2.12. The molecule has 0 radical (unpaired) electrons. The summed E-state index contributed by atoms with van der Waals surface area (Å²) in [5, 5.41) is 5.31. The van der Waals surface area contributed by atoms with E-state index in [1.54, 1.807) is 42.5 Å². The molecule has 0 bridgehead atoms. The van der Waals surface area contributed by atoms with Crippen molar-refractivity contribution in [3.8, 4) is 5.75 Å². The lowest BCUT2D eigenvalue weighted by atomic mass is 10.2. The third kappa shape index (κ3) is 4.64. The maximum absolute atomic E-state index is 12.5. The number of fused-ring (bicyclic) bond motifs is 1. The van der Waals surface area contributed by atoms with Crippen LogP contribution in [0, 0.1) is 0 Å². The van der Waals surface area contributed by atoms with Crippen LogP contribution in [0.3, 0.4) is 0 Å². The summed E-state index contributed by atoms with van der Waals surface area (Å²) in [4.78, 5) is 27.9. The molecule has 0 aliphatic heterocycles. The van der Waals surface area contributed by atoms with Crippen molar-refractivity contribution < 1.29 is 18.7 Å². The van der Waals surface area contributed by atoms with E-state index in [0.29, 0.717) is 34.7 Å². The van der Waals surface area contributed by atoms with Gasteiger partial charge in [0, 0.05) is 24.2 Å². The lowest BCUT2D eigenvalue weighted by molar-refractivity contribution is -0.114. The Morgan fingerprint density at radius 1 is 0.967 bits per heavy atom. The van der Waals surface area contributed by atoms with Gasteiger partial charge in [0.05, 0.1) is 0 Å². The Morgan fingerprint density at radius 3 is 2.47 bits per heavy atom. The second-order valence-corrected chi connectivity index (χ2v) is 6.64. The smallest absolute Gasteiger partial charge is 0.302 e. The van der Waals surface area contributed by atoms with E-state index >= 15 is 0 Å². The summed E-state index contributed by atoms with van der Waals surface area (Å²) in [6.45, 7) is 1.88. The molecule has 0 aliphatic rings. The maximum Gasteiger partial charge on any atom is 0.302 e. The van der Waals surface area contributed by atoms with Gasteiger partial charge in [0.25, 0.3) is 5.91 Å². The van der Waals surface area contributed by atoms with Crippen LogP contribution in [-0.4, -0.2) is 16.8 Å². The highest BCUT2D eigenvalue weighted by Crippen LogP contribution is 2.23. The summed E-state index contributed by atoms with van der Waals surface area (Å²) in [7, 11) is 0. The molecule has 0 saturated carbocycles. The summed E-state index contributed by atoms with van der Waals surface area (Å²) >= 11 is 0. The molecule has 2 N–H and O–H groups in total. The van der Waals surface area contributed by atoms with Gasteiger partial charge in [-0.15, -0.1) is 0 Å². The monoisotopic (exact) mass is 401 g/mol. The first kappa shape index (κ1) is 19.2. The number of aromatic nitrogens is 1. The molecular weight excluding hydrogens is 382 g/mol. The molecule has 1 aromatic heterocycles. The van der Waals surface area contributed by atoms with E-state index in [4.69, 9.17) is 9.15 Å². The predicted molar refractivity (Wildman–Crippen MR) is 113 cm³/mol. The normalized spacial score (nSPS) is 10.6. The highest BCUT2D eigenvalue weighted by molar-refractivity contribution is 6.03. The minimum Gasteiger partial charge on any atom is -0.489 e. The van der Waals surface area contributed by atoms with Crippen molar-refractivity contribution >= 4 is 34.6 Å². The zero-order valence-electron chi connectivity index (χ0n) is 16.2. The fraction of sp³-hybridized carbons (Fsp3) is 0.0870. The minimum atomic E-state index is -0.349. The molecule has 4 rings (SSSR count). The molecule has 0 saturated heterocycles. The Bertz CT molecular complexity index is 1180. The second-order valence-electron chi connectivity index (χ2n) is 6.64. The number of nitrogens with one attached hydrogen (secondary N) is 2. The minimum absolute atomic E-state index is 0.0828. The molecule has 2 amide bonds. The molecular formula is C23H19N3O4. The number of rotatable bonds is 6. The molecule has 0 atom stereocenters. The van der Waals surface area contributed by atoms with Crippen LogP contribution in [0.1, 0.15) is 22.8 Å². The first-order valence-electron chi connectivity index (χ1n) is 9.33. The van der Waals surface area contributed by atoms with E-state index in [2.05, 4.69) is 15.6 Å². The molecule has 30 heavy (non-hydrogen) atoms. The SMILES string of the molecule is CC(=O)Nc1ccc2nc(NC(=O)c3ccc(OCc4ccccc4)cc3)oc2c1. The number of anilines is 2. The fourth-order valence-corrected chi connectivity index (χ4v) is 2.87. The zero-order valence-corrected chi connectivity index (χ0v) is 16.2. The predicted octanol–water partition coefficient (Wildman–Crippen LogP) is 4.62. The Kier molecular flexibility index (Phi) is 5.43. The highest BCUT2D eigenvalue weighted by atomic mass is 16.5. The van der Waals surface area contributed by atoms with Gasteiger partial charge in [-0.25, -0.2) is 0 Å². The number of amides is 2. The molecule has 0 spiro atoms. The van der Waals surface area contributed by atoms with Crippen molar-refractivity contribution in [2.24, 2.45) is 0 Å². The molecule has 3 aromatic carbocycles. The number of nitrogens with zero attached hydrogens (tertiary/aromatic N) is 1. The van der Waals surface area contributed by atoms with Crippen molar-refractivity contribution in [2.75, 3.05) is 10.6 Å². The largest absolute Gasteiger partial charge is 0.489 e. The van der Waals surface area contributed by atoms with Crippen molar-refractivity contribution in [3.05, 3.63) is 83.9 Å². The van der Waals surface area contributed by atoms with Gasteiger partial charge in [-0.3, -0.25) is 14.9 Å². The van der Waals surface area contributed by atoms with E-state index in [0.717, 1.165) is 5.56 Å². The Hall–Kier alpha value is -4.13. The fourth-order valence-electron chi connectivity index (χ4n) is 2.87. The van der Waals surface area contributed by atoms with Crippen LogP contribution in [0.4, 0.5) is 11.7 Å². The van der Waals surface area contributed by atoms with Crippen LogP contribution in [0.5, 0.6) is 5.75 Å². The van der Waals surface area contributed by atoms with Gasteiger partial charge in [0.2, 0.25) is 5.91 Å². The summed E-state index contributed by atoms with van der Waals surface area (Å²) in [5.74, 6) is 0.139. The van der Waals surface area contributed by atoms with E-state index in [1.165, 1.54) is 6.92 Å². The second kappa shape index (κ2) is 8.48. The molecule has 4 aromatic rings. The summed E-state index contributed by atoms with van der Waals surface area (Å²) < 4.78 is 11.3. The van der Waals surface area contributed by atoms with Crippen molar-refractivity contribution in [2.45, 2.75) is 13.5 Å². The Labute approximate surface area is 172 Å². The Balaban J connectivity index is 1.40. The average Bonchev–Trinajstić information content (AvgIpc) is 3.14. The lowest BCUT2D eigenvalue weighted by Gasteiger charge is -2.07. The zero-order chi connectivity index (χ0) is 20.9. The number of benzene rings is 3. The topological polar surface area (TPSA) is 93.5 Å². The number of oxazole rings is 1. The first-order valence-corrected chi connectivity index (χ1v) is 9.33. The van der Waals surface area contributed by atoms with E-state index in [9.17, 15) is 9.59 Å². The van der Waals surface area contributed by atoms with Crippen LogP contribution >= 0.6 is 0 Å². The molecule has 7 heteroatoms. The third-order valence-electron chi connectivity index (χ3n) is 4.29. The Morgan fingerprint density at radius 2 is 1.73 bits per heavy atom. The van der Waals surface area contributed by atoms with E-state index in [-0.39, 0.29) is 17.8 Å². The number of carbonyl (C=O) groups is 2. The molecule has 1 heterocycles. The van der Waals surface area contributed by atoms with E-state index < -0.39 is 0 Å². The number of ether oxygens (including phenoxy) is 1. The van der Waals surface area contributed by atoms with Gasteiger partial charge < -0.3 is 14.5 Å². The van der Waals surface area contributed by atoms with Crippen LogP contribution in [0.2, 0.25) is 0 Å². The number of hydrogen-bond donors (Lipinski definition) is 2. The van der Waals surface area contributed by atoms with Crippen molar-refractivity contribution in [3.63, 3.8) is 0 Å². The average molecular weight is 401 g/mol. The molecule has 7 nitrogen and oxygen atoms in total. The van der Waals surface area contributed by atoms with Crippen molar-refractivity contribution in [1.82, 2.24) is 4.98 Å². The summed E-state index contributed by atoms with van der Waals surface area (Å²) in [6, 6.07) is 21.8. The van der Waals surface area contributed by atoms with Gasteiger partial charge in [0.15, 0.2) is 5.58 Å². The van der Waals surface area contributed by atoms with Crippen LogP contribution in [-0.2, 0) is 11.4 Å². The van der Waals surface area contributed by atoms with Gasteiger partial charge in [0.1, 0.15) is 17.9 Å². The maximum atomic E-state index is 12.5. The van der Waals surface area contributed by atoms with Crippen LogP contribution in [0.15, 0.2) is 77.2 Å². The molecule has 0 fully saturated rings. The quantitative estimate of drug-likeness (QED) is 0.492. The number of hydrogen-bond acceptors (Lipinski definition) is 5. The number of carbonyl (C=O) groups excluding carboxylic acids is 2. The van der Waals surface area contributed by atoms with Crippen LogP contribution < -0.4 is 15.4 Å². The van der Waals surface area contributed by atoms with Gasteiger partial charge in [-0.2, -0.15) is 4.98 Å². The summed E-state index contributed by atoms with van der Waals surface area (Å²) in [6.07, 6.45) is 0. The van der Waals surface area contributed by atoms with Crippen molar-refractivity contribution in [1.29, 1.82) is 0 Å². The molecule has 0 unspecified atom stereocenters. The van der Waals surface area contributed by atoms with E-state index in [1.807, 2.05) is 30.3 Å².